The van der Waals surface area contributed by atoms with Gasteiger partial charge in [0.15, 0.2) is 9.28 Å². The molecule has 0 spiro atoms. The van der Waals surface area contributed by atoms with Crippen molar-refractivity contribution >= 4 is 16.7 Å². The zero-order valence-electron chi connectivity index (χ0n) is 4.27. The van der Waals surface area contributed by atoms with Crippen molar-refractivity contribution in [2.24, 2.45) is 0 Å². The van der Waals surface area contributed by atoms with Crippen LogP contribution in [0.4, 0.5) is 0 Å². The summed E-state index contributed by atoms with van der Waals surface area (Å²) < 4.78 is 8.79. The standard InChI is InChI=1S/BHOSi.Li.Zn.H/c1-3-2;;;/h3H;;;/q;+1;;-1. The molecule has 0 aliphatic rings. The Balaban J connectivity index is -0.00000000667. The molecule has 0 aromatic heterocycles. The minimum atomic E-state index is -1.00. The summed E-state index contributed by atoms with van der Waals surface area (Å²) in [5.74, 6) is 0. The minimum Gasteiger partial charge on any atom is -1.00 e. The smallest absolute Gasteiger partial charge is 1.00 e. The molecule has 0 saturated heterocycles. The Morgan fingerprint density at radius 3 is 1.80 bits per heavy atom. The van der Waals surface area contributed by atoms with Crippen molar-refractivity contribution in [3.8, 4) is 0 Å². The van der Waals surface area contributed by atoms with Crippen LogP contribution in [0, 0.1) is 0 Å². The molecule has 0 bridgehead atoms. The van der Waals surface area contributed by atoms with Crippen molar-refractivity contribution < 1.29 is 44.2 Å². The minimum absolute atomic E-state index is 0. The van der Waals surface area contributed by atoms with Gasteiger partial charge >= 0.3 is 18.9 Å². The molecule has 2 radical (unpaired) electrons. The topological polar surface area (TPSA) is 17.1 Å². The van der Waals surface area contributed by atoms with E-state index in [1.807, 2.05) is 0 Å². The molecule has 0 N–H and O–H groups in total. The predicted octanol–water partition coefficient (Wildman–Crippen LogP) is -4.03. The molecule has 1 nitrogen and oxygen atoms in total. The molecule has 18 valence electrons. The third kappa shape index (κ3) is 34.1. The number of hydrogen-bond acceptors (Lipinski definition) is 1. The fourth-order valence-electron chi connectivity index (χ4n) is 0. The van der Waals surface area contributed by atoms with Crippen molar-refractivity contribution in [3.05, 3.63) is 0 Å². The first-order chi connectivity index (χ1) is 1.41. The zero-order chi connectivity index (χ0) is 2.71. The Morgan fingerprint density at radius 1 is 1.80 bits per heavy atom. The van der Waals surface area contributed by atoms with Gasteiger partial charge in [-0.2, -0.15) is 0 Å². The van der Waals surface area contributed by atoms with Crippen LogP contribution in [0.2, 0.25) is 0 Å². The summed E-state index contributed by atoms with van der Waals surface area (Å²) in [6.45, 7) is 0. The second-order valence-corrected chi connectivity index (χ2v) is 0.408. The Kier molecular flexibility index (Phi) is 60.2. The largest absolute Gasteiger partial charge is 1.00 e. The Bertz CT molecular complexity index is 23.0. The summed E-state index contributed by atoms with van der Waals surface area (Å²) in [6, 6.07) is 0. The van der Waals surface area contributed by atoms with E-state index in [4.69, 9.17) is 4.46 Å². The van der Waals surface area contributed by atoms with Gasteiger partial charge in [0.05, 0.1) is 0 Å². The first-order valence-corrected chi connectivity index (χ1v) is 1.71. The fourth-order valence-corrected chi connectivity index (χ4v) is 0. The van der Waals surface area contributed by atoms with Crippen LogP contribution in [0.5, 0.6) is 0 Å². The van der Waals surface area contributed by atoms with E-state index in [2.05, 4.69) is 7.44 Å². The molecular formula is H2BLiOSiZn. The van der Waals surface area contributed by atoms with Crippen LogP contribution in [-0.2, 0) is 23.9 Å². The maximum atomic E-state index is 8.79. The number of hydrogen-bond donors (Lipinski definition) is 0. The SMILES string of the molecule is [B][SiH]=O.[H-].[Li+].[Zn]. The van der Waals surface area contributed by atoms with E-state index in [9.17, 15) is 0 Å². The monoisotopic (exact) mass is 128 g/mol. The summed E-state index contributed by atoms with van der Waals surface area (Å²) in [6.07, 6.45) is 0. The molecule has 0 amide bonds. The van der Waals surface area contributed by atoms with E-state index in [1.165, 1.54) is 0 Å². The zero-order valence-corrected chi connectivity index (χ0v) is 7.39. The molecule has 0 unspecified atom stereocenters. The van der Waals surface area contributed by atoms with E-state index in [1.54, 1.807) is 0 Å². The summed E-state index contributed by atoms with van der Waals surface area (Å²) in [5, 5.41) is 0. The van der Waals surface area contributed by atoms with E-state index < -0.39 is 9.28 Å². The summed E-state index contributed by atoms with van der Waals surface area (Å²) >= 11 is 0. The second kappa shape index (κ2) is 18.5. The van der Waals surface area contributed by atoms with Crippen LogP contribution >= 0.6 is 0 Å². The molecule has 0 aromatic carbocycles. The van der Waals surface area contributed by atoms with Gasteiger partial charge in [0, 0.05) is 19.5 Å². The van der Waals surface area contributed by atoms with Crippen molar-refractivity contribution in [2.75, 3.05) is 0 Å². The van der Waals surface area contributed by atoms with Crippen molar-refractivity contribution in [3.63, 3.8) is 0 Å². The molecule has 0 rings (SSSR count). The average Bonchev–Trinajstić information content (AvgIpc) is 0.918. The van der Waals surface area contributed by atoms with Gasteiger partial charge in [-0.3, -0.25) is 0 Å². The Hall–Kier alpha value is 1.30. The average molecular weight is 129 g/mol. The molecule has 0 atom stereocenters. The van der Waals surface area contributed by atoms with Gasteiger partial charge in [-0.05, 0) is 0 Å². The second-order valence-electron chi connectivity index (χ2n) is 0.136. The molecule has 0 heterocycles. The summed E-state index contributed by atoms with van der Waals surface area (Å²) in [5.41, 5.74) is 0. The molecule has 0 fully saturated rings. The van der Waals surface area contributed by atoms with Gasteiger partial charge in [0.25, 0.3) is 0 Å². The van der Waals surface area contributed by atoms with E-state index >= 15 is 0 Å². The van der Waals surface area contributed by atoms with E-state index in [-0.39, 0.29) is 39.8 Å². The normalized spacial score (nSPS) is 2.40. The van der Waals surface area contributed by atoms with Crippen molar-refractivity contribution in [1.29, 1.82) is 0 Å². The molecule has 0 aromatic rings. The quantitative estimate of drug-likeness (QED) is 0.304. The van der Waals surface area contributed by atoms with E-state index in [0.29, 0.717) is 0 Å². The fraction of sp³-hybridized carbons (Fsp3) is 0. The molecule has 0 aliphatic heterocycles. The predicted molar refractivity (Wildman–Crippen MR) is 14.7 cm³/mol. The van der Waals surface area contributed by atoms with Crippen LogP contribution in [0.25, 0.3) is 0 Å². The molecular weight excluding hydrogens is 127 g/mol. The van der Waals surface area contributed by atoms with Gasteiger partial charge in [-0.25, -0.2) is 0 Å². The van der Waals surface area contributed by atoms with E-state index in [0.717, 1.165) is 0 Å². The third-order valence-corrected chi connectivity index (χ3v) is 0. The third-order valence-electron chi connectivity index (χ3n) is 0. The van der Waals surface area contributed by atoms with Gasteiger partial charge in [0.1, 0.15) is 7.44 Å². The summed E-state index contributed by atoms with van der Waals surface area (Å²) in [7, 11) is 3.37. The van der Waals surface area contributed by atoms with Crippen LogP contribution in [0.1, 0.15) is 1.43 Å². The Morgan fingerprint density at radius 2 is 1.80 bits per heavy atom. The van der Waals surface area contributed by atoms with Crippen LogP contribution in [0.3, 0.4) is 0 Å². The van der Waals surface area contributed by atoms with Gasteiger partial charge in [0.2, 0.25) is 0 Å². The van der Waals surface area contributed by atoms with Crippen molar-refractivity contribution in [1.82, 2.24) is 0 Å². The van der Waals surface area contributed by atoms with Gasteiger partial charge in [-0.15, -0.1) is 0 Å². The molecule has 5 heavy (non-hydrogen) atoms. The maximum absolute atomic E-state index is 8.79. The number of rotatable bonds is 0. The Labute approximate surface area is 60.9 Å². The van der Waals surface area contributed by atoms with Crippen LogP contribution in [-0.4, -0.2) is 16.7 Å². The first-order valence-electron chi connectivity index (χ1n) is 0.569. The maximum Gasteiger partial charge on any atom is 1.00 e. The van der Waals surface area contributed by atoms with Crippen LogP contribution < -0.4 is 18.9 Å². The van der Waals surface area contributed by atoms with Gasteiger partial charge < -0.3 is 5.89 Å². The molecule has 5 heteroatoms. The first kappa shape index (κ1) is 16.2. The summed E-state index contributed by atoms with van der Waals surface area (Å²) in [4.78, 5) is 0. The molecule has 0 aliphatic carbocycles. The van der Waals surface area contributed by atoms with Gasteiger partial charge in [-0.1, -0.05) is 0 Å². The van der Waals surface area contributed by atoms with Crippen LogP contribution in [0.15, 0.2) is 0 Å². The van der Waals surface area contributed by atoms with Crippen molar-refractivity contribution in [2.45, 2.75) is 0 Å². The molecule has 0 saturated carbocycles.